The van der Waals surface area contributed by atoms with Crippen LogP contribution in [0.5, 0.6) is 5.75 Å². The lowest BCUT2D eigenvalue weighted by molar-refractivity contribution is -0.138. The van der Waals surface area contributed by atoms with Crippen LogP contribution in [-0.4, -0.2) is 23.1 Å². The maximum absolute atomic E-state index is 13.0. The highest BCUT2D eigenvalue weighted by molar-refractivity contribution is 6.30. The topological polar surface area (TPSA) is 64.3 Å². The third-order valence-electron chi connectivity index (χ3n) is 6.67. The number of rotatable bonds is 4. The predicted molar refractivity (Wildman–Crippen MR) is 103 cm³/mol. The lowest BCUT2D eigenvalue weighted by Gasteiger charge is -2.59. The second kappa shape index (κ2) is 6.13. The van der Waals surface area contributed by atoms with Crippen molar-refractivity contribution in [1.29, 1.82) is 0 Å². The third-order valence-corrected chi connectivity index (χ3v) is 6.90. The van der Waals surface area contributed by atoms with Crippen molar-refractivity contribution >= 4 is 17.5 Å². The van der Waals surface area contributed by atoms with Crippen molar-refractivity contribution in [3.8, 4) is 5.75 Å². The third kappa shape index (κ3) is 3.22. The molecular formula is C21H29ClN2O2. The molecule has 26 heavy (non-hydrogen) atoms. The molecule has 0 radical (unpaired) electrons. The molecule has 4 aliphatic carbocycles. The van der Waals surface area contributed by atoms with E-state index in [1.807, 2.05) is 32.9 Å². The summed E-state index contributed by atoms with van der Waals surface area (Å²) < 4.78 is 6.07. The Balaban J connectivity index is 1.45. The van der Waals surface area contributed by atoms with Crippen LogP contribution in [0.3, 0.4) is 0 Å². The van der Waals surface area contributed by atoms with Crippen LogP contribution in [0.2, 0.25) is 5.02 Å². The molecule has 4 aliphatic rings. The molecular weight excluding hydrogens is 348 g/mol. The monoisotopic (exact) mass is 376 g/mol. The van der Waals surface area contributed by atoms with Crippen LogP contribution in [0, 0.1) is 24.7 Å². The summed E-state index contributed by atoms with van der Waals surface area (Å²) >= 11 is 6.02. The van der Waals surface area contributed by atoms with Gasteiger partial charge in [0.25, 0.3) is 5.91 Å². The summed E-state index contributed by atoms with van der Waals surface area (Å²) in [5.74, 6) is 2.44. The molecule has 1 amide bonds. The van der Waals surface area contributed by atoms with Gasteiger partial charge in [0.2, 0.25) is 0 Å². The van der Waals surface area contributed by atoms with Gasteiger partial charge in [-0.2, -0.15) is 0 Å². The maximum atomic E-state index is 13.0. The molecule has 142 valence electrons. The molecule has 0 aliphatic heterocycles. The number of halogens is 1. The molecule has 1 unspecified atom stereocenters. The van der Waals surface area contributed by atoms with E-state index in [-0.39, 0.29) is 17.5 Å². The molecule has 0 saturated heterocycles. The fourth-order valence-corrected chi connectivity index (χ4v) is 5.92. The van der Waals surface area contributed by atoms with E-state index >= 15 is 0 Å². The number of nitrogens with one attached hydrogen (secondary N) is 1. The SMILES string of the molecule is Cc1cc(Cl)ccc1OC(C)(C)C(=O)N[C@H]1[C@@H]2CC3C[C@H]1C[C@](N)(C3)C2. The highest BCUT2D eigenvalue weighted by atomic mass is 35.5. The van der Waals surface area contributed by atoms with Crippen LogP contribution < -0.4 is 15.8 Å². The van der Waals surface area contributed by atoms with Gasteiger partial charge < -0.3 is 15.8 Å². The van der Waals surface area contributed by atoms with Crippen LogP contribution in [0.4, 0.5) is 0 Å². The first-order chi connectivity index (χ1) is 12.2. The summed E-state index contributed by atoms with van der Waals surface area (Å²) in [6.45, 7) is 5.60. The van der Waals surface area contributed by atoms with Gasteiger partial charge in [-0.05, 0) is 94.4 Å². The molecule has 5 atom stereocenters. The molecule has 1 aromatic rings. The van der Waals surface area contributed by atoms with Gasteiger partial charge >= 0.3 is 0 Å². The molecule has 4 bridgehead atoms. The zero-order valence-electron chi connectivity index (χ0n) is 15.8. The standard InChI is InChI=1S/C21H29ClN2O2/c1-12-6-16(22)4-5-17(12)26-20(2,3)19(25)24-18-14-7-13-8-15(18)11-21(23,9-13)10-14/h4-6,13-15,18H,7-11,23H2,1-3H3,(H,24,25)/t13?,14-,15+,18+,21+. The normalized spacial score (nSPS) is 35.4. The van der Waals surface area contributed by atoms with Crippen molar-refractivity contribution in [2.75, 3.05) is 0 Å². The Morgan fingerprint density at radius 3 is 2.50 bits per heavy atom. The minimum Gasteiger partial charge on any atom is -0.478 e. The first kappa shape index (κ1) is 18.1. The lowest BCUT2D eigenvalue weighted by atomic mass is 9.51. The Kier molecular flexibility index (Phi) is 4.27. The van der Waals surface area contributed by atoms with Crippen molar-refractivity contribution in [3.05, 3.63) is 28.8 Å². The number of aryl methyl sites for hydroxylation is 1. The van der Waals surface area contributed by atoms with E-state index in [1.54, 1.807) is 6.07 Å². The maximum Gasteiger partial charge on any atom is 0.263 e. The summed E-state index contributed by atoms with van der Waals surface area (Å²) in [6, 6.07) is 5.71. The molecule has 1 aromatic carbocycles. The number of carbonyl (C=O) groups is 1. The van der Waals surface area contributed by atoms with Gasteiger partial charge in [0.05, 0.1) is 0 Å². The summed E-state index contributed by atoms with van der Waals surface area (Å²) in [4.78, 5) is 13.0. The largest absolute Gasteiger partial charge is 0.478 e. The van der Waals surface area contributed by atoms with E-state index in [0.717, 1.165) is 24.3 Å². The number of nitrogens with two attached hydrogens (primary N) is 1. The van der Waals surface area contributed by atoms with E-state index in [4.69, 9.17) is 22.1 Å². The van der Waals surface area contributed by atoms with Crippen LogP contribution in [0.25, 0.3) is 0 Å². The Labute approximate surface area is 160 Å². The fraction of sp³-hybridized carbons (Fsp3) is 0.667. The van der Waals surface area contributed by atoms with Crippen LogP contribution >= 0.6 is 11.6 Å². The number of amides is 1. The van der Waals surface area contributed by atoms with Gasteiger partial charge in [-0.3, -0.25) is 4.79 Å². The van der Waals surface area contributed by atoms with Crippen molar-refractivity contribution in [2.24, 2.45) is 23.5 Å². The Bertz CT molecular complexity index is 717. The molecule has 5 rings (SSSR count). The van der Waals surface area contributed by atoms with Crippen molar-refractivity contribution in [2.45, 2.75) is 70.1 Å². The molecule has 0 spiro atoms. The van der Waals surface area contributed by atoms with Gasteiger partial charge in [0, 0.05) is 16.6 Å². The molecule has 0 heterocycles. The smallest absolute Gasteiger partial charge is 0.263 e. The summed E-state index contributed by atoms with van der Waals surface area (Å²) in [5, 5.41) is 3.99. The molecule has 5 heteroatoms. The van der Waals surface area contributed by atoms with Gasteiger partial charge in [-0.25, -0.2) is 0 Å². The zero-order valence-corrected chi connectivity index (χ0v) is 16.6. The number of hydrogen-bond donors (Lipinski definition) is 2. The molecule has 4 fully saturated rings. The van der Waals surface area contributed by atoms with E-state index < -0.39 is 5.60 Å². The van der Waals surface area contributed by atoms with E-state index in [1.165, 1.54) is 19.3 Å². The average Bonchev–Trinajstić information content (AvgIpc) is 2.51. The number of carbonyl (C=O) groups excluding carboxylic acids is 1. The predicted octanol–water partition coefficient (Wildman–Crippen LogP) is 3.83. The fourth-order valence-electron chi connectivity index (χ4n) is 5.70. The van der Waals surface area contributed by atoms with Crippen molar-refractivity contribution in [3.63, 3.8) is 0 Å². The highest BCUT2D eigenvalue weighted by Crippen LogP contribution is 2.54. The highest BCUT2D eigenvalue weighted by Gasteiger charge is 2.54. The zero-order chi connectivity index (χ0) is 18.7. The second-order valence-electron chi connectivity index (χ2n) is 9.35. The second-order valence-corrected chi connectivity index (χ2v) is 9.79. The number of ether oxygens (including phenoxy) is 1. The molecule has 4 nitrogen and oxygen atoms in total. The Morgan fingerprint density at radius 1 is 1.27 bits per heavy atom. The Morgan fingerprint density at radius 2 is 1.92 bits per heavy atom. The molecule has 3 N–H and O–H groups in total. The lowest BCUT2D eigenvalue weighted by Crippen LogP contribution is -2.66. The van der Waals surface area contributed by atoms with E-state index in [0.29, 0.717) is 22.6 Å². The first-order valence-electron chi connectivity index (χ1n) is 9.70. The van der Waals surface area contributed by atoms with Crippen LogP contribution in [0.1, 0.15) is 51.5 Å². The minimum atomic E-state index is -0.937. The average molecular weight is 377 g/mol. The van der Waals surface area contributed by atoms with Crippen LogP contribution in [0.15, 0.2) is 18.2 Å². The van der Waals surface area contributed by atoms with Gasteiger partial charge in [0.1, 0.15) is 5.75 Å². The van der Waals surface area contributed by atoms with E-state index in [9.17, 15) is 4.79 Å². The number of hydrogen-bond acceptors (Lipinski definition) is 3. The summed E-state index contributed by atoms with van der Waals surface area (Å²) in [7, 11) is 0. The van der Waals surface area contributed by atoms with Crippen LogP contribution in [-0.2, 0) is 4.79 Å². The van der Waals surface area contributed by atoms with Crippen molar-refractivity contribution < 1.29 is 9.53 Å². The molecule has 0 aromatic heterocycles. The van der Waals surface area contributed by atoms with Gasteiger partial charge in [0.15, 0.2) is 5.60 Å². The Hall–Kier alpha value is -1.26. The van der Waals surface area contributed by atoms with Gasteiger partial charge in [-0.1, -0.05) is 11.6 Å². The molecule has 4 saturated carbocycles. The van der Waals surface area contributed by atoms with Crippen molar-refractivity contribution in [1.82, 2.24) is 5.32 Å². The van der Waals surface area contributed by atoms with E-state index in [2.05, 4.69) is 5.32 Å². The van der Waals surface area contributed by atoms with Gasteiger partial charge in [-0.15, -0.1) is 0 Å². The quantitative estimate of drug-likeness (QED) is 0.839. The first-order valence-corrected chi connectivity index (χ1v) is 10.1. The summed E-state index contributed by atoms with van der Waals surface area (Å²) in [5.41, 5.74) is 6.59. The summed E-state index contributed by atoms with van der Waals surface area (Å²) in [6.07, 6.45) is 5.67. The minimum absolute atomic E-state index is 0.0180. The number of benzene rings is 1.